The van der Waals surface area contributed by atoms with E-state index >= 15 is 0 Å². The van der Waals surface area contributed by atoms with Gasteiger partial charge >= 0.3 is 0 Å². The summed E-state index contributed by atoms with van der Waals surface area (Å²) in [5, 5.41) is 2.72. The highest BCUT2D eigenvalue weighted by atomic mass is 32.2. The number of sulfonamides is 1. The van der Waals surface area contributed by atoms with Crippen molar-refractivity contribution in [3.05, 3.63) is 23.8 Å². The first kappa shape index (κ1) is 12.6. The molecule has 19 heavy (non-hydrogen) atoms. The number of anilines is 1. The molecule has 1 saturated heterocycles. The average molecular weight is 281 g/mol. The first-order chi connectivity index (χ1) is 8.89. The first-order valence-electron chi connectivity index (χ1n) is 6.10. The number of nitrogens with one attached hydrogen (secondary N) is 1. The first-order valence-corrected chi connectivity index (χ1v) is 7.54. The molecule has 3 N–H and O–H groups in total. The van der Waals surface area contributed by atoms with Crippen LogP contribution < -0.4 is 11.1 Å². The van der Waals surface area contributed by atoms with Crippen LogP contribution >= 0.6 is 0 Å². The Morgan fingerprint density at radius 1 is 1.37 bits per heavy atom. The maximum Gasteiger partial charge on any atom is 0.243 e. The van der Waals surface area contributed by atoms with Gasteiger partial charge in [0.25, 0.3) is 0 Å². The van der Waals surface area contributed by atoms with Gasteiger partial charge in [-0.05, 0) is 30.7 Å². The molecular formula is C12H15N3O3S. The number of rotatable bonds is 2. The lowest BCUT2D eigenvalue weighted by Gasteiger charge is -2.35. The third-order valence-electron chi connectivity index (χ3n) is 3.65. The third kappa shape index (κ3) is 1.85. The van der Waals surface area contributed by atoms with Gasteiger partial charge in [-0.3, -0.25) is 4.79 Å². The van der Waals surface area contributed by atoms with Gasteiger partial charge in [-0.15, -0.1) is 0 Å². The molecule has 2 aliphatic rings. The van der Waals surface area contributed by atoms with Gasteiger partial charge in [0.1, 0.15) is 0 Å². The van der Waals surface area contributed by atoms with E-state index < -0.39 is 10.0 Å². The highest BCUT2D eigenvalue weighted by Crippen LogP contribution is 2.34. The molecule has 3 rings (SSSR count). The molecule has 2 aliphatic heterocycles. The van der Waals surface area contributed by atoms with E-state index in [0.29, 0.717) is 18.8 Å². The molecule has 1 aromatic rings. The lowest BCUT2D eigenvalue weighted by Crippen LogP contribution is -2.57. The zero-order valence-corrected chi connectivity index (χ0v) is 11.3. The predicted molar refractivity (Wildman–Crippen MR) is 70.2 cm³/mol. The zero-order valence-electron chi connectivity index (χ0n) is 10.5. The Morgan fingerprint density at radius 3 is 2.68 bits per heavy atom. The van der Waals surface area contributed by atoms with Crippen molar-refractivity contribution in [3.8, 4) is 0 Å². The summed E-state index contributed by atoms with van der Waals surface area (Å²) in [6.07, 6.45) is 0. The van der Waals surface area contributed by atoms with Gasteiger partial charge in [0, 0.05) is 24.8 Å². The van der Waals surface area contributed by atoms with Gasteiger partial charge in [0.05, 0.1) is 10.8 Å². The monoisotopic (exact) mass is 281 g/mol. The molecule has 1 atom stereocenters. The van der Waals surface area contributed by atoms with Gasteiger partial charge in [0.15, 0.2) is 0 Å². The number of nitrogens with two attached hydrogens (primary N) is 1. The van der Waals surface area contributed by atoms with Crippen LogP contribution in [0.2, 0.25) is 0 Å². The van der Waals surface area contributed by atoms with Crippen molar-refractivity contribution in [1.82, 2.24) is 4.31 Å². The Bertz CT molecular complexity index is 650. The number of carbonyl (C=O) groups is 1. The SMILES string of the molecule is CC1C(=O)Nc2ccc(S(=O)(=O)N3CC(N)C3)cc21. The van der Waals surface area contributed by atoms with Crippen LogP contribution in [-0.4, -0.2) is 37.8 Å². The van der Waals surface area contributed by atoms with Crippen LogP contribution in [0, 0.1) is 0 Å². The highest BCUT2D eigenvalue weighted by molar-refractivity contribution is 7.89. The smallest absolute Gasteiger partial charge is 0.243 e. The van der Waals surface area contributed by atoms with E-state index in [1.54, 1.807) is 19.1 Å². The highest BCUT2D eigenvalue weighted by Gasteiger charge is 2.36. The summed E-state index contributed by atoms with van der Waals surface area (Å²) in [6.45, 7) is 2.47. The van der Waals surface area contributed by atoms with Crippen molar-refractivity contribution >= 4 is 21.6 Å². The quantitative estimate of drug-likeness (QED) is 0.802. The number of hydrogen-bond acceptors (Lipinski definition) is 4. The number of nitrogens with zero attached hydrogens (tertiary/aromatic N) is 1. The number of carbonyl (C=O) groups excluding carboxylic acids is 1. The second kappa shape index (κ2) is 4.03. The van der Waals surface area contributed by atoms with Crippen LogP contribution in [0.1, 0.15) is 18.4 Å². The number of benzene rings is 1. The number of fused-ring (bicyclic) bond motifs is 1. The van der Waals surface area contributed by atoms with Crippen LogP contribution in [0.3, 0.4) is 0 Å². The van der Waals surface area contributed by atoms with Crippen molar-refractivity contribution in [1.29, 1.82) is 0 Å². The summed E-state index contributed by atoms with van der Waals surface area (Å²) in [7, 11) is -3.48. The molecule has 6 nitrogen and oxygen atoms in total. The molecule has 0 radical (unpaired) electrons. The van der Waals surface area contributed by atoms with Crippen LogP contribution in [0.25, 0.3) is 0 Å². The Kier molecular flexibility index (Phi) is 2.67. The van der Waals surface area contributed by atoms with Crippen molar-refractivity contribution in [2.24, 2.45) is 5.73 Å². The minimum Gasteiger partial charge on any atom is -0.325 e. The summed E-state index contributed by atoms with van der Waals surface area (Å²) >= 11 is 0. The van der Waals surface area contributed by atoms with Gasteiger partial charge in [-0.1, -0.05) is 0 Å². The lowest BCUT2D eigenvalue weighted by molar-refractivity contribution is -0.116. The molecule has 2 heterocycles. The summed E-state index contributed by atoms with van der Waals surface area (Å²) in [5.74, 6) is -0.417. The van der Waals surface area contributed by atoms with Crippen molar-refractivity contribution in [3.63, 3.8) is 0 Å². The van der Waals surface area contributed by atoms with Crippen LogP contribution in [0.4, 0.5) is 5.69 Å². The third-order valence-corrected chi connectivity index (χ3v) is 5.48. The Morgan fingerprint density at radius 2 is 2.05 bits per heavy atom. The maximum absolute atomic E-state index is 12.3. The molecular weight excluding hydrogens is 266 g/mol. The standard InChI is InChI=1S/C12H15N3O3S/c1-7-10-4-9(2-3-11(10)14-12(7)16)19(17,18)15-5-8(13)6-15/h2-4,7-8H,5-6,13H2,1H3,(H,14,16). The van der Waals surface area contributed by atoms with E-state index in [0.717, 1.165) is 5.56 Å². The van der Waals surface area contributed by atoms with E-state index in [1.807, 2.05) is 0 Å². The van der Waals surface area contributed by atoms with Crippen molar-refractivity contribution in [2.45, 2.75) is 23.8 Å². The summed E-state index contributed by atoms with van der Waals surface area (Å²) < 4.78 is 26.0. The van der Waals surface area contributed by atoms with E-state index in [1.165, 1.54) is 10.4 Å². The van der Waals surface area contributed by atoms with Gasteiger partial charge in [0.2, 0.25) is 15.9 Å². The van der Waals surface area contributed by atoms with Gasteiger partial charge in [-0.2, -0.15) is 4.31 Å². The second-order valence-electron chi connectivity index (χ2n) is 5.04. The van der Waals surface area contributed by atoms with E-state index in [2.05, 4.69) is 5.32 Å². The molecule has 102 valence electrons. The summed E-state index contributed by atoms with van der Waals surface area (Å²) in [5.41, 5.74) is 7.04. The predicted octanol–water partition coefficient (Wildman–Crippen LogP) is 0.0738. The van der Waals surface area contributed by atoms with E-state index in [4.69, 9.17) is 5.73 Å². The summed E-state index contributed by atoms with van der Waals surface area (Å²) in [4.78, 5) is 11.8. The largest absolute Gasteiger partial charge is 0.325 e. The molecule has 0 spiro atoms. The Hall–Kier alpha value is -1.44. The second-order valence-corrected chi connectivity index (χ2v) is 6.98. The fourth-order valence-corrected chi connectivity index (χ4v) is 3.96. The molecule has 0 bridgehead atoms. The zero-order chi connectivity index (χ0) is 13.8. The fraction of sp³-hybridized carbons (Fsp3) is 0.417. The molecule has 1 unspecified atom stereocenters. The Labute approximate surface area is 111 Å². The van der Waals surface area contributed by atoms with Crippen LogP contribution in [-0.2, 0) is 14.8 Å². The molecule has 1 amide bonds. The molecule has 1 fully saturated rings. The lowest BCUT2D eigenvalue weighted by atomic mass is 10.0. The van der Waals surface area contributed by atoms with E-state index in [9.17, 15) is 13.2 Å². The minimum absolute atomic E-state index is 0.0774. The van der Waals surface area contributed by atoms with Crippen molar-refractivity contribution < 1.29 is 13.2 Å². The molecule has 0 aliphatic carbocycles. The minimum atomic E-state index is -3.48. The fourth-order valence-electron chi connectivity index (χ4n) is 2.37. The van der Waals surface area contributed by atoms with Crippen LogP contribution in [0.15, 0.2) is 23.1 Å². The van der Waals surface area contributed by atoms with Gasteiger partial charge < -0.3 is 11.1 Å². The van der Waals surface area contributed by atoms with Gasteiger partial charge in [-0.25, -0.2) is 8.42 Å². The molecule has 0 aromatic heterocycles. The number of amides is 1. The van der Waals surface area contributed by atoms with Crippen molar-refractivity contribution in [2.75, 3.05) is 18.4 Å². The van der Waals surface area contributed by atoms with Crippen LogP contribution in [0.5, 0.6) is 0 Å². The maximum atomic E-state index is 12.3. The summed E-state index contributed by atoms with van der Waals surface area (Å²) in [6, 6.07) is 4.67. The topological polar surface area (TPSA) is 92.5 Å². The molecule has 7 heteroatoms. The number of hydrogen-bond donors (Lipinski definition) is 2. The molecule has 1 aromatic carbocycles. The molecule has 0 saturated carbocycles. The average Bonchev–Trinajstić information content (AvgIpc) is 2.61. The Balaban J connectivity index is 1.98. The normalized spacial score (nSPS) is 23.9. The van der Waals surface area contributed by atoms with E-state index in [-0.39, 0.29) is 22.8 Å².